The van der Waals surface area contributed by atoms with E-state index >= 15 is 0 Å². The zero-order valence-electron chi connectivity index (χ0n) is 41.7. The molecule has 6 nitrogen and oxygen atoms in total. The average molecular weight is 862 g/mol. The number of aliphatic hydroxyl groups is 1. The first-order valence-corrected chi connectivity index (χ1v) is 27.6. The summed E-state index contributed by atoms with van der Waals surface area (Å²) in [6.07, 6.45) is 48.3. The predicted octanol–water partition coefficient (Wildman–Crippen LogP) is 16.3. The van der Waals surface area contributed by atoms with E-state index in [9.17, 15) is 14.7 Å². The van der Waals surface area contributed by atoms with E-state index in [4.69, 9.17) is 9.47 Å². The maximum Gasteiger partial charge on any atom is 0.305 e. The van der Waals surface area contributed by atoms with Crippen LogP contribution in [0.15, 0.2) is 0 Å². The lowest BCUT2D eigenvalue weighted by molar-refractivity contribution is -0.146. The van der Waals surface area contributed by atoms with Gasteiger partial charge in [-0.15, -0.1) is 0 Å². The minimum absolute atomic E-state index is 0.000588. The van der Waals surface area contributed by atoms with Crippen LogP contribution in [0.5, 0.6) is 0 Å². The van der Waals surface area contributed by atoms with Gasteiger partial charge in [0.25, 0.3) is 0 Å². The number of aliphatic hydroxyl groups excluding tert-OH is 1. The molecule has 362 valence electrons. The average Bonchev–Trinajstić information content (AvgIpc) is 3.56. The molecule has 61 heavy (non-hydrogen) atoms. The lowest BCUT2D eigenvalue weighted by atomic mass is 9.92. The van der Waals surface area contributed by atoms with E-state index in [0.717, 1.165) is 51.6 Å². The number of esters is 2. The van der Waals surface area contributed by atoms with Gasteiger partial charge in [0.2, 0.25) is 0 Å². The third-order valence-corrected chi connectivity index (χ3v) is 14.0. The summed E-state index contributed by atoms with van der Waals surface area (Å²) in [5.74, 6) is 1.62. The molecule has 2 unspecified atom stereocenters. The monoisotopic (exact) mass is 862 g/mol. The van der Waals surface area contributed by atoms with Crippen LogP contribution in [0.4, 0.5) is 0 Å². The van der Waals surface area contributed by atoms with Gasteiger partial charge in [0.15, 0.2) is 0 Å². The van der Waals surface area contributed by atoms with Gasteiger partial charge in [-0.2, -0.15) is 0 Å². The van der Waals surface area contributed by atoms with Crippen molar-refractivity contribution in [2.45, 2.75) is 291 Å². The highest BCUT2D eigenvalue weighted by Gasteiger charge is 2.23. The molecule has 6 heteroatoms. The molecule has 1 N–H and O–H groups in total. The molecule has 1 aliphatic rings. The Bertz CT molecular complexity index is 877. The zero-order valence-corrected chi connectivity index (χ0v) is 41.7. The maximum absolute atomic E-state index is 12.9. The van der Waals surface area contributed by atoms with Crippen LogP contribution in [0.1, 0.15) is 285 Å². The molecule has 1 aliphatic carbocycles. The molecule has 0 bridgehead atoms. The van der Waals surface area contributed by atoms with Crippen LogP contribution in [-0.2, 0) is 19.1 Å². The topological polar surface area (TPSA) is 76.1 Å². The van der Waals surface area contributed by atoms with Crippen LogP contribution in [0, 0.1) is 17.8 Å². The number of nitrogens with zero attached hydrogens (tertiary/aromatic N) is 1. The van der Waals surface area contributed by atoms with Gasteiger partial charge in [0.1, 0.15) is 0 Å². The second-order valence-corrected chi connectivity index (χ2v) is 19.8. The minimum atomic E-state index is -0.000588. The Hall–Kier alpha value is -1.14. The Morgan fingerprint density at radius 1 is 0.459 bits per heavy atom. The number of ether oxygens (including phenoxy) is 2. The Morgan fingerprint density at radius 2 is 0.787 bits per heavy atom. The van der Waals surface area contributed by atoms with E-state index in [0.29, 0.717) is 49.9 Å². The predicted molar refractivity (Wildman–Crippen MR) is 262 cm³/mol. The lowest BCUT2D eigenvalue weighted by Gasteiger charge is -2.34. The number of unbranched alkanes of at least 4 members (excludes halogenated alkanes) is 20. The van der Waals surface area contributed by atoms with Crippen molar-refractivity contribution in [2.24, 2.45) is 17.8 Å². The molecule has 1 rings (SSSR count). The summed E-state index contributed by atoms with van der Waals surface area (Å²) in [5, 5.41) is 10.1. The second-order valence-electron chi connectivity index (χ2n) is 19.8. The van der Waals surface area contributed by atoms with Gasteiger partial charge in [0.05, 0.1) is 19.8 Å². The van der Waals surface area contributed by atoms with Crippen molar-refractivity contribution < 1.29 is 24.2 Å². The standard InChI is InChI=1S/C55H107NO5/c1-5-9-13-17-19-27-39-51(37-25-15-11-7-3)48-60-54(58)43-33-23-29-35-50(47-56(45-46-57)53-41-31-21-22-32-42-53)36-30-24-34-44-55(59)61-49-52(38-26-16-12-8-4)40-28-20-18-14-10-6-2/h50-53,57H,5-49H2,1-4H3. The zero-order chi connectivity index (χ0) is 44.3. The summed E-state index contributed by atoms with van der Waals surface area (Å²) in [6.45, 7) is 12.4. The lowest BCUT2D eigenvalue weighted by Crippen LogP contribution is -2.40. The van der Waals surface area contributed by atoms with Gasteiger partial charge < -0.3 is 14.6 Å². The summed E-state index contributed by atoms with van der Waals surface area (Å²) >= 11 is 0. The van der Waals surface area contributed by atoms with Crippen LogP contribution in [0.3, 0.4) is 0 Å². The fraction of sp³-hybridized carbons (Fsp3) is 0.964. The van der Waals surface area contributed by atoms with Crippen LogP contribution in [0.2, 0.25) is 0 Å². The molecular formula is C55H107NO5. The first-order valence-electron chi connectivity index (χ1n) is 27.6. The van der Waals surface area contributed by atoms with Crippen molar-refractivity contribution in [3.05, 3.63) is 0 Å². The van der Waals surface area contributed by atoms with Crippen molar-refractivity contribution in [1.82, 2.24) is 4.90 Å². The smallest absolute Gasteiger partial charge is 0.305 e. The summed E-state index contributed by atoms with van der Waals surface area (Å²) in [5.41, 5.74) is 0. The first kappa shape index (κ1) is 57.9. The van der Waals surface area contributed by atoms with Crippen molar-refractivity contribution >= 4 is 11.9 Å². The fourth-order valence-electron chi connectivity index (χ4n) is 9.93. The van der Waals surface area contributed by atoms with E-state index in [1.165, 1.54) is 205 Å². The normalized spacial score (nSPS) is 15.2. The molecule has 0 aromatic carbocycles. The fourth-order valence-corrected chi connectivity index (χ4v) is 9.93. The van der Waals surface area contributed by atoms with Gasteiger partial charge in [-0.05, 0) is 82.0 Å². The summed E-state index contributed by atoms with van der Waals surface area (Å²) in [4.78, 5) is 28.4. The van der Waals surface area contributed by atoms with Crippen molar-refractivity contribution in [1.29, 1.82) is 0 Å². The van der Waals surface area contributed by atoms with Gasteiger partial charge in [0, 0.05) is 32.0 Å². The molecule has 2 atom stereocenters. The quantitative estimate of drug-likeness (QED) is 0.0373. The molecule has 0 spiro atoms. The molecule has 0 heterocycles. The Kier molecular flexibility index (Phi) is 41.8. The molecule has 0 aliphatic heterocycles. The minimum Gasteiger partial charge on any atom is -0.465 e. The summed E-state index contributed by atoms with van der Waals surface area (Å²) in [6, 6.07) is 0.592. The Balaban J connectivity index is 2.58. The van der Waals surface area contributed by atoms with Crippen LogP contribution in [0.25, 0.3) is 0 Å². The molecule has 0 amide bonds. The summed E-state index contributed by atoms with van der Waals surface area (Å²) < 4.78 is 11.8. The highest BCUT2D eigenvalue weighted by molar-refractivity contribution is 5.69. The Morgan fingerprint density at radius 3 is 1.16 bits per heavy atom. The van der Waals surface area contributed by atoms with Crippen LogP contribution < -0.4 is 0 Å². The van der Waals surface area contributed by atoms with Crippen molar-refractivity contribution in [3.63, 3.8) is 0 Å². The molecule has 0 aromatic heterocycles. The SMILES string of the molecule is CCCCCCCCC(CCCCCC)COC(=O)CCCCCC(CCCCCC(=O)OCC(CCCCCC)CCCCCCCC)CN(CCO)C1CCCCCC1. The number of carbonyl (C=O) groups excluding carboxylic acids is 2. The van der Waals surface area contributed by atoms with Gasteiger partial charge in [-0.3, -0.25) is 14.5 Å². The highest BCUT2D eigenvalue weighted by atomic mass is 16.5. The molecule has 1 fully saturated rings. The number of hydrogen-bond acceptors (Lipinski definition) is 6. The second kappa shape index (κ2) is 44.1. The van der Waals surface area contributed by atoms with E-state index < -0.39 is 0 Å². The van der Waals surface area contributed by atoms with E-state index in [1.807, 2.05) is 0 Å². The van der Waals surface area contributed by atoms with Crippen molar-refractivity contribution in [2.75, 3.05) is 32.9 Å². The molecule has 1 saturated carbocycles. The van der Waals surface area contributed by atoms with Crippen molar-refractivity contribution in [3.8, 4) is 0 Å². The largest absolute Gasteiger partial charge is 0.465 e. The third-order valence-electron chi connectivity index (χ3n) is 14.0. The Labute approximate surface area is 381 Å². The number of carbonyl (C=O) groups is 2. The third kappa shape index (κ3) is 35.8. The first-order chi connectivity index (χ1) is 30.0. The van der Waals surface area contributed by atoms with Gasteiger partial charge >= 0.3 is 11.9 Å². The summed E-state index contributed by atoms with van der Waals surface area (Å²) in [7, 11) is 0. The highest BCUT2D eigenvalue weighted by Crippen LogP contribution is 2.27. The molecule has 0 saturated heterocycles. The molecule has 0 aromatic rings. The molecule has 0 radical (unpaired) electrons. The van der Waals surface area contributed by atoms with E-state index in [1.54, 1.807) is 0 Å². The number of hydrogen-bond donors (Lipinski definition) is 1. The van der Waals surface area contributed by atoms with Gasteiger partial charge in [-0.1, -0.05) is 207 Å². The van der Waals surface area contributed by atoms with E-state index in [-0.39, 0.29) is 18.5 Å². The number of rotatable bonds is 45. The van der Waals surface area contributed by atoms with Gasteiger partial charge in [-0.25, -0.2) is 0 Å². The van der Waals surface area contributed by atoms with E-state index in [2.05, 4.69) is 32.6 Å². The van der Waals surface area contributed by atoms with Crippen LogP contribution in [-0.4, -0.2) is 60.9 Å². The van der Waals surface area contributed by atoms with Crippen LogP contribution >= 0.6 is 0 Å². The molecular weight excluding hydrogens is 755 g/mol. The maximum atomic E-state index is 12.9.